The van der Waals surface area contributed by atoms with E-state index >= 15 is 0 Å². The molecule has 3 N–H and O–H groups in total. The summed E-state index contributed by atoms with van der Waals surface area (Å²) in [7, 11) is 0. The second-order valence-electron chi connectivity index (χ2n) is 9.55. The molecule has 0 radical (unpaired) electrons. The van der Waals surface area contributed by atoms with E-state index in [1.165, 1.54) is 0 Å². The lowest BCUT2D eigenvalue weighted by atomic mass is 10.00. The van der Waals surface area contributed by atoms with Gasteiger partial charge in [-0.05, 0) is 63.9 Å². The molecule has 0 saturated carbocycles. The lowest BCUT2D eigenvalue weighted by Gasteiger charge is -2.27. The number of amides is 3. The fourth-order valence-electron chi connectivity index (χ4n) is 2.83. The van der Waals surface area contributed by atoms with E-state index in [1.807, 2.05) is 34.0 Å². The van der Waals surface area contributed by atoms with Crippen molar-refractivity contribution in [3.8, 4) is 0 Å². The van der Waals surface area contributed by atoms with Crippen LogP contribution in [0.25, 0.3) is 0 Å². The number of carbonyl (C=O) groups is 4. The Morgan fingerprint density at radius 3 is 1.81 bits per heavy atom. The first kappa shape index (κ1) is 29.2. The maximum Gasteiger partial charge on any atom is 0.408 e. The summed E-state index contributed by atoms with van der Waals surface area (Å²) in [6, 6.07) is -2.24. The first-order valence-corrected chi connectivity index (χ1v) is 12.2. The Hall–Kier alpha value is -1.77. The van der Waals surface area contributed by atoms with Gasteiger partial charge < -0.3 is 25.5 Å². The van der Waals surface area contributed by atoms with E-state index in [2.05, 4.69) is 16.0 Å². The fraction of sp³-hybridized carbons (Fsp3) is 0.818. The van der Waals surface area contributed by atoms with E-state index in [9.17, 15) is 19.2 Å². The number of alkyl carbamates (subject to hydrolysis) is 1. The normalized spacial score (nSPS) is 14.5. The van der Waals surface area contributed by atoms with E-state index < -0.39 is 41.6 Å². The predicted octanol–water partition coefficient (Wildman–Crippen LogP) is 2.89. The van der Waals surface area contributed by atoms with Crippen molar-refractivity contribution in [2.24, 2.45) is 11.8 Å². The quantitative estimate of drug-likeness (QED) is 0.365. The zero-order valence-electron chi connectivity index (χ0n) is 20.2. The monoisotopic (exact) mass is 459 g/mol. The summed E-state index contributed by atoms with van der Waals surface area (Å²) >= 11 is 1.59. The first-order valence-electron chi connectivity index (χ1n) is 10.8. The smallest absolute Gasteiger partial charge is 0.408 e. The highest BCUT2D eigenvalue weighted by molar-refractivity contribution is 7.98. The van der Waals surface area contributed by atoms with Crippen molar-refractivity contribution in [3.63, 3.8) is 0 Å². The van der Waals surface area contributed by atoms with Crippen LogP contribution in [0, 0.1) is 11.8 Å². The topological polar surface area (TPSA) is 114 Å². The minimum absolute atomic E-state index is 0.133. The van der Waals surface area contributed by atoms with Gasteiger partial charge in [-0.2, -0.15) is 11.8 Å². The van der Waals surface area contributed by atoms with Crippen molar-refractivity contribution in [1.29, 1.82) is 0 Å². The molecule has 0 bridgehead atoms. The van der Waals surface area contributed by atoms with Gasteiger partial charge in [-0.15, -0.1) is 0 Å². The van der Waals surface area contributed by atoms with Crippen LogP contribution in [-0.2, 0) is 19.1 Å². The second kappa shape index (κ2) is 14.3. The largest absolute Gasteiger partial charge is 0.444 e. The molecule has 0 fully saturated rings. The first-order chi connectivity index (χ1) is 14.3. The lowest BCUT2D eigenvalue weighted by molar-refractivity contribution is -0.131. The summed E-state index contributed by atoms with van der Waals surface area (Å²) in [6.07, 6.45) is 3.29. The third-order valence-electron chi connectivity index (χ3n) is 4.18. The van der Waals surface area contributed by atoms with Crippen molar-refractivity contribution < 1.29 is 23.9 Å². The van der Waals surface area contributed by atoms with Gasteiger partial charge in [0.2, 0.25) is 11.8 Å². The highest BCUT2D eigenvalue weighted by Crippen LogP contribution is 2.11. The summed E-state index contributed by atoms with van der Waals surface area (Å²) in [6.45, 7) is 13.0. The minimum atomic E-state index is -0.837. The van der Waals surface area contributed by atoms with Crippen molar-refractivity contribution in [2.45, 2.75) is 91.5 Å². The van der Waals surface area contributed by atoms with Crippen LogP contribution in [0.3, 0.4) is 0 Å². The number of thioether (sulfide) groups is 1. The van der Waals surface area contributed by atoms with Crippen LogP contribution in [-0.4, -0.2) is 59.9 Å². The number of nitrogens with one attached hydrogen (secondary N) is 3. The average molecular weight is 460 g/mol. The van der Waals surface area contributed by atoms with E-state index in [1.54, 1.807) is 32.5 Å². The molecule has 0 rings (SSSR count). The Labute approximate surface area is 191 Å². The highest BCUT2D eigenvalue weighted by atomic mass is 32.2. The zero-order valence-corrected chi connectivity index (χ0v) is 21.1. The second-order valence-corrected chi connectivity index (χ2v) is 10.5. The maximum atomic E-state index is 13.0. The number of aldehydes is 1. The molecule has 3 amide bonds. The maximum absolute atomic E-state index is 13.0. The molecule has 31 heavy (non-hydrogen) atoms. The molecule has 0 aromatic heterocycles. The number of hydrogen-bond acceptors (Lipinski definition) is 6. The van der Waals surface area contributed by atoms with Crippen LogP contribution in [0.15, 0.2) is 0 Å². The number of hydrogen-bond donors (Lipinski definition) is 3. The van der Waals surface area contributed by atoms with Crippen LogP contribution in [0.2, 0.25) is 0 Å². The van der Waals surface area contributed by atoms with Gasteiger partial charge in [0.25, 0.3) is 0 Å². The van der Waals surface area contributed by atoms with E-state index in [0.717, 1.165) is 5.75 Å². The molecule has 0 aliphatic carbocycles. The van der Waals surface area contributed by atoms with Crippen molar-refractivity contribution in [3.05, 3.63) is 0 Å². The fourth-order valence-corrected chi connectivity index (χ4v) is 3.32. The molecule has 0 unspecified atom stereocenters. The van der Waals surface area contributed by atoms with Crippen molar-refractivity contribution in [1.82, 2.24) is 16.0 Å². The zero-order chi connectivity index (χ0) is 24.2. The Morgan fingerprint density at radius 2 is 1.39 bits per heavy atom. The Morgan fingerprint density at radius 1 is 0.903 bits per heavy atom. The minimum Gasteiger partial charge on any atom is -0.444 e. The standard InChI is InChI=1S/C22H41N3O5S/c1-14(2)11-17(19(27)23-16(13-26)9-10-31-8)24-20(28)18(12-15(3)4)25-21(29)30-22(5,6)7/h13-18H,9-12H2,1-8H3,(H,23,27)(H,24,28)(H,25,29)/t16-,17-,18-/m0/s1. The van der Waals surface area contributed by atoms with Gasteiger partial charge in [-0.3, -0.25) is 9.59 Å². The van der Waals surface area contributed by atoms with Crippen LogP contribution in [0.5, 0.6) is 0 Å². The van der Waals surface area contributed by atoms with Gasteiger partial charge >= 0.3 is 6.09 Å². The molecule has 0 aliphatic rings. The highest BCUT2D eigenvalue weighted by Gasteiger charge is 2.30. The third kappa shape index (κ3) is 14.0. The Balaban J connectivity index is 5.32. The number of ether oxygens (including phenoxy) is 1. The Kier molecular flexibility index (Phi) is 13.5. The molecular formula is C22H41N3O5S. The average Bonchev–Trinajstić information content (AvgIpc) is 2.61. The SMILES string of the molecule is CSCC[C@@H](C=O)NC(=O)[C@H](CC(C)C)NC(=O)[C@H](CC(C)C)NC(=O)OC(C)(C)C. The molecule has 180 valence electrons. The lowest BCUT2D eigenvalue weighted by Crippen LogP contribution is -2.56. The molecule has 0 aromatic carbocycles. The van der Waals surface area contributed by atoms with Gasteiger partial charge in [0.05, 0.1) is 6.04 Å². The van der Waals surface area contributed by atoms with Crippen LogP contribution in [0.4, 0.5) is 4.79 Å². The van der Waals surface area contributed by atoms with Gasteiger partial charge in [-0.1, -0.05) is 27.7 Å². The molecular weight excluding hydrogens is 418 g/mol. The number of rotatable bonds is 13. The molecule has 9 heteroatoms. The molecule has 0 heterocycles. The summed E-state index contributed by atoms with van der Waals surface area (Å²) in [5, 5.41) is 8.10. The van der Waals surface area contributed by atoms with E-state index in [4.69, 9.17) is 4.74 Å². The summed E-state index contributed by atoms with van der Waals surface area (Å²) in [5.74, 6) is 0.155. The Bertz CT molecular complexity index is 590. The van der Waals surface area contributed by atoms with Gasteiger partial charge in [-0.25, -0.2) is 4.79 Å². The van der Waals surface area contributed by atoms with Crippen LogP contribution >= 0.6 is 11.8 Å². The van der Waals surface area contributed by atoms with Crippen LogP contribution in [0.1, 0.15) is 67.7 Å². The van der Waals surface area contributed by atoms with Crippen LogP contribution < -0.4 is 16.0 Å². The van der Waals surface area contributed by atoms with Gasteiger partial charge in [0.1, 0.15) is 24.0 Å². The predicted molar refractivity (Wildman–Crippen MR) is 125 cm³/mol. The van der Waals surface area contributed by atoms with E-state index in [-0.39, 0.29) is 11.8 Å². The summed E-state index contributed by atoms with van der Waals surface area (Å²) < 4.78 is 5.27. The molecule has 0 aromatic rings. The molecule has 8 nitrogen and oxygen atoms in total. The van der Waals surface area contributed by atoms with Crippen molar-refractivity contribution in [2.75, 3.05) is 12.0 Å². The molecule has 0 aliphatic heterocycles. The van der Waals surface area contributed by atoms with Gasteiger partial charge in [0.15, 0.2) is 0 Å². The molecule has 3 atom stereocenters. The summed E-state index contributed by atoms with van der Waals surface area (Å²) in [5.41, 5.74) is -0.691. The van der Waals surface area contributed by atoms with E-state index in [0.29, 0.717) is 25.5 Å². The summed E-state index contributed by atoms with van der Waals surface area (Å²) in [4.78, 5) is 49.3. The molecule has 0 spiro atoms. The molecule has 0 saturated heterocycles. The third-order valence-corrected chi connectivity index (χ3v) is 4.82. The number of carbonyl (C=O) groups excluding carboxylic acids is 4. The van der Waals surface area contributed by atoms with Crippen molar-refractivity contribution >= 4 is 36.0 Å². The van der Waals surface area contributed by atoms with Gasteiger partial charge in [0, 0.05) is 0 Å².